The maximum atomic E-state index is 2.48. The average molecular weight is 1080 g/mol. The van der Waals surface area contributed by atoms with Gasteiger partial charge in [-0.05, 0) is 184 Å². The van der Waals surface area contributed by atoms with Gasteiger partial charge in [0.2, 0.25) is 0 Å². The van der Waals surface area contributed by atoms with Crippen LogP contribution < -0.4 is 0 Å². The summed E-state index contributed by atoms with van der Waals surface area (Å²) >= 11 is 0. The molecule has 0 heteroatoms. The SMILES string of the molecule is C/C=C\CC.CC.C\C=C/C=C\C(=C\c1ccccc1)C1(C)C=CC(c2cccc3c2-c2ccc(C(C)CC)cc2C3(C)C)=CC1.Cc1ccc(C2=CCC(C)C=C2)cc1C1=CCCC=C1.Cc1ccc2c(c1)C(C)(C)c1ccccc1-2. The van der Waals surface area contributed by atoms with Gasteiger partial charge in [-0.3, -0.25) is 0 Å². The van der Waals surface area contributed by atoms with Gasteiger partial charge >= 0.3 is 0 Å². The van der Waals surface area contributed by atoms with Gasteiger partial charge in [0, 0.05) is 16.2 Å². The first-order valence-corrected chi connectivity index (χ1v) is 31.0. The fourth-order valence-corrected chi connectivity index (χ4v) is 12.1. The van der Waals surface area contributed by atoms with E-state index in [0.717, 1.165) is 25.7 Å². The van der Waals surface area contributed by atoms with Crippen LogP contribution in [0.4, 0.5) is 0 Å². The van der Waals surface area contributed by atoms with Gasteiger partial charge in [0.25, 0.3) is 0 Å². The van der Waals surface area contributed by atoms with Crippen molar-refractivity contribution in [3.05, 3.63) is 285 Å². The predicted molar refractivity (Wildman–Crippen MR) is 365 cm³/mol. The molecule has 0 aliphatic heterocycles. The fraction of sp³-hybridized carbons (Fsp3) is 0.317. The average Bonchev–Trinajstić information content (AvgIpc) is 3.03. The molecule has 5 aliphatic carbocycles. The molecule has 0 aromatic heterocycles. The molecule has 0 saturated heterocycles. The summed E-state index contributed by atoms with van der Waals surface area (Å²) in [6.07, 6.45) is 43.0. The van der Waals surface area contributed by atoms with E-state index in [9.17, 15) is 0 Å². The molecule has 0 radical (unpaired) electrons. The van der Waals surface area contributed by atoms with Crippen molar-refractivity contribution in [3.63, 3.8) is 0 Å². The number of hydrogen-bond donors (Lipinski definition) is 0. The van der Waals surface area contributed by atoms with E-state index in [1.54, 1.807) is 0 Å². The highest BCUT2D eigenvalue weighted by atomic mass is 14.4. The van der Waals surface area contributed by atoms with Crippen LogP contribution in [-0.2, 0) is 10.8 Å². The Kier molecular flexibility index (Phi) is 21.7. The number of hydrogen-bond acceptors (Lipinski definition) is 0. The number of fused-ring (bicyclic) bond motifs is 6. The van der Waals surface area contributed by atoms with Crippen LogP contribution >= 0.6 is 0 Å². The normalized spacial score (nSPS) is 18.9. The standard InChI is InChI=1S/C39H42.C20H22.C16H16.C5H10.C2H6/c1-7-9-11-17-32(26-29-15-12-10-13-16-29)39(6)24-22-30(23-25-39)33-18-14-19-35-37(33)34-21-20-31(28(3)8-2)27-36(34)38(35,4)5;1-15-8-11-17(12-9-15)19-13-10-16(2)20(14-19)18-6-4-3-5-7-18;1-11-8-9-13-12-6-4-5-7-14(12)16(2,3)15(13)10-11;1-3-5-4-2;1-2/h7,9-24,26-28H,8,25H2,1-6H3;4,6-8,10-15H,3,5,9H2,1-2H3;4-10H,1-3H3;3,5H,4H2,1-2H3;1-2H3/b9-7-,17-11-,32-26-;;;5-3-;. The van der Waals surface area contributed by atoms with E-state index < -0.39 is 0 Å². The van der Waals surface area contributed by atoms with Gasteiger partial charge < -0.3 is 0 Å². The van der Waals surface area contributed by atoms with Crippen LogP contribution in [-0.4, -0.2) is 0 Å². The zero-order valence-electron chi connectivity index (χ0n) is 52.8. The van der Waals surface area contributed by atoms with Crippen LogP contribution in [0.1, 0.15) is 196 Å². The minimum absolute atomic E-state index is 0.000779. The second-order valence-electron chi connectivity index (χ2n) is 24.1. The molecular weight excluding hydrogens is 985 g/mol. The third-order valence-corrected chi connectivity index (χ3v) is 17.4. The van der Waals surface area contributed by atoms with E-state index in [4.69, 9.17) is 0 Å². The van der Waals surface area contributed by atoms with Gasteiger partial charge in [0.15, 0.2) is 0 Å². The summed E-state index contributed by atoms with van der Waals surface area (Å²) < 4.78 is 0. The smallest absolute Gasteiger partial charge is 0.0159 e. The van der Waals surface area contributed by atoms with Crippen molar-refractivity contribution in [1.82, 2.24) is 0 Å². The zero-order valence-corrected chi connectivity index (χ0v) is 52.8. The van der Waals surface area contributed by atoms with E-state index in [-0.39, 0.29) is 16.2 Å². The van der Waals surface area contributed by atoms with Crippen molar-refractivity contribution in [2.75, 3.05) is 0 Å². The van der Waals surface area contributed by atoms with Gasteiger partial charge in [0.05, 0.1) is 0 Å². The summed E-state index contributed by atoms with van der Waals surface area (Å²) in [6, 6.07) is 47.2. The molecule has 11 rings (SSSR count). The Morgan fingerprint density at radius 3 is 1.94 bits per heavy atom. The molecule has 3 unspecified atom stereocenters. The van der Waals surface area contributed by atoms with Gasteiger partial charge in [-0.15, -0.1) is 0 Å². The quantitative estimate of drug-likeness (QED) is 0.0947. The van der Waals surface area contributed by atoms with Gasteiger partial charge in [0.1, 0.15) is 0 Å². The van der Waals surface area contributed by atoms with Crippen LogP contribution in [0.5, 0.6) is 0 Å². The van der Waals surface area contributed by atoms with Crippen molar-refractivity contribution in [2.45, 2.75) is 159 Å². The molecule has 0 N–H and O–H groups in total. The summed E-state index contributed by atoms with van der Waals surface area (Å²) in [5.41, 5.74) is 26.4. The van der Waals surface area contributed by atoms with E-state index in [0.29, 0.717) is 11.8 Å². The van der Waals surface area contributed by atoms with Crippen LogP contribution in [0, 0.1) is 25.2 Å². The number of allylic oxidation sites excluding steroid dienone is 19. The first kappa shape index (κ1) is 62.3. The van der Waals surface area contributed by atoms with Crippen molar-refractivity contribution >= 4 is 22.8 Å². The minimum atomic E-state index is -0.0717. The Labute approximate surface area is 498 Å². The molecule has 0 amide bonds. The maximum absolute atomic E-state index is 2.48. The summed E-state index contributed by atoms with van der Waals surface area (Å²) in [5.74, 6) is 1.25. The summed E-state index contributed by atoms with van der Waals surface area (Å²) in [6.45, 7) is 33.2. The third kappa shape index (κ3) is 14.3. The highest BCUT2D eigenvalue weighted by molar-refractivity contribution is 5.93. The summed E-state index contributed by atoms with van der Waals surface area (Å²) in [4.78, 5) is 0. The van der Waals surface area contributed by atoms with Gasteiger partial charge in [-0.2, -0.15) is 0 Å². The Morgan fingerprint density at radius 1 is 0.598 bits per heavy atom. The lowest BCUT2D eigenvalue weighted by atomic mass is 9.73. The topological polar surface area (TPSA) is 0 Å². The Bertz CT molecular complexity index is 3460. The lowest BCUT2D eigenvalue weighted by Gasteiger charge is -2.30. The van der Waals surface area contributed by atoms with Crippen molar-refractivity contribution in [3.8, 4) is 22.3 Å². The third-order valence-electron chi connectivity index (χ3n) is 17.4. The second-order valence-corrected chi connectivity index (χ2v) is 24.1. The van der Waals surface area contributed by atoms with E-state index in [1.165, 1.54) is 119 Å². The number of rotatable bonds is 10. The Hall–Kier alpha value is -7.28. The molecular formula is C82H96. The summed E-state index contributed by atoms with van der Waals surface area (Å²) in [5, 5.41) is 0. The maximum Gasteiger partial charge on any atom is 0.0159 e. The molecule has 0 saturated carbocycles. The van der Waals surface area contributed by atoms with Crippen molar-refractivity contribution in [2.24, 2.45) is 11.3 Å². The lowest BCUT2D eigenvalue weighted by Crippen LogP contribution is -2.17. The zero-order chi connectivity index (χ0) is 59.0. The number of aryl methyl sites for hydroxylation is 2. The molecule has 3 atom stereocenters. The molecule has 0 heterocycles. The molecule has 424 valence electrons. The molecule has 5 aliphatic rings. The van der Waals surface area contributed by atoms with E-state index in [1.807, 2.05) is 20.8 Å². The largest absolute Gasteiger partial charge is 0.0917 e. The molecule has 0 spiro atoms. The first-order chi connectivity index (χ1) is 39.5. The molecule has 0 fully saturated rings. The number of benzene rings is 6. The van der Waals surface area contributed by atoms with Gasteiger partial charge in [-0.25, -0.2) is 0 Å². The van der Waals surface area contributed by atoms with Crippen molar-refractivity contribution in [1.29, 1.82) is 0 Å². The van der Waals surface area contributed by atoms with Crippen LogP contribution in [0.2, 0.25) is 0 Å². The predicted octanol–water partition coefficient (Wildman–Crippen LogP) is 24.1. The van der Waals surface area contributed by atoms with Crippen molar-refractivity contribution < 1.29 is 0 Å². The van der Waals surface area contributed by atoms with Crippen LogP contribution in [0.25, 0.3) is 45.0 Å². The Balaban J connectivity index is 0.000000186. The van der Waals surface area contributed by atoms with E-state index >= 15 is 0 Å². The lowest BCUT2D eigenvalue weighted by molar-refractivity contribution is 0.535. The molecule has 6 aromatic carbocycles. The minimum Gasteiger partial charge on any atom is -0.0917 e. The highest BCUT2D eigenvalue weighted by Gasteiger charge is 2.38. The molecule has 82 heavy (non-hydrogen) atoms. The Morgan fingerprint density at radius 2 is 1.28 bits per heavy atom. The highest BCUT2D eigenvalue weighted by Crippen LogP contribution is 2.53. The molecule has 6 aromatic rings. The summed E-state index contributed by atoms with van der Waals surface area (Å²) in [7, 11) is 0. The fourth-order valence-electron chi connectivity index (χ4n) is 12.1. The monoisotopic (exact) mass is 1080 g/mol. The van der Waals surface area contributed by atoms with Crippen LogP contribution in [0.15, 0.2) is 224 Å². The molecule has 0 nitrogen and oxygen atoms in total. The van der Waals surface area contributed by atoms with Gasteiger partial charge in [-0.1, -0.05) is 300 Å². The van der Waals surface area contributed by atoms with Crippen LogP contribution in [0.3, 0.4) is 0 Å². The second kappa shape index (κ2) is 28.6. The van der Waals surface area contributed by atoms with E-state index in [2.05, 4.69) is 308 Å². The molecule has 0 bridgehead atoms. The first-order valence-electron chi connectivity index (χ1n) is 31.0.